The van der Waals surface area contributed by atoms with E-state index in [1.165, 1.54) is 29.5 Å². The number of nitrogens with zero attached hydrogens (tertiary/aromatic N) is 3. The molecule has 1 aromatic carbocycles. The molecule has 1 atom stereocenters. The monoisotopic (exact) mass is 284 g/mol. The van der Waals surface area contributed by atoms with Gasteiger partial charge in [0.05, 0.1) is 6.54 Å². The topological polar surface area (TPSA) is 42.7 Å². The van der Waals surface area contributed by atoms with E-state index < -0.39 is 0 Å². The Hall–Kier alpha value is -1.68. The van der Waals surface area contributed by atoms with Crippen molar-refractivity contribution >= 4 is 0 Å². The molecule has 0 radical (unpaired) electrons. The van der Waals surface area contributed by atoms with Gasteiger partial charge in [-0.1, -0.05) is 18.2 Å². The van der Waals surface area contributed by atoms with Gasteiger partial charge in [-0.3, -0.25) is 4.68 Å². The first kappa shape index (κ1) is 14.3. The van der Waals surface area contributed by atoms with E-state index in [2.05, 4.69) is 54.4 Å². The predicted octanol–water partition coefficient (Wildman–Crippen LogP) is 3.16. The Kier molecular flexibility index (Phi) is 3.81. The summed E-state index contributed by atoms with van der Waals surface area (Å²) >= 11 is 0. The molecular weight excluding hydrogens is 260 g/mol. The van der Waals surface area contributed by atoms with Crippen LogP contribution < -0.4 is 5.32 Å². The number of rotatable bonds is 5. The lowest BCUT2D eigenvalue weighted by atomic mass is 9.97. The lowest BCUT2D eigenvalue weighted by molar-refractivity contribution is 0.537. The highest BCUT2D eigenvalue weighted by molar-refractivity contribution is 5.35. The molecule has 0 bridgehead atoms. The molecule has 0 unspecified atom stereocenters. The van der Waals surface area contributed by atoms with Crippen molar-refractivity contribution in [3.05, 3.63) is 46.5 Å². The van der Waals surface area contributed by atoms with Gasteiger partial charge in [-0.05, 0) is 50.3 Å². The van der Waals surface area contributed by atoms with Gasteiger partial charge in [0.15, 0.2) is 5.82 Å². The molecule has 4 nitrogen and oxygen atoms in total. The summed E-state index contributed by atoms with van der Waals surface area (Å²) in [5.41, 5.74) is 4.07. The Morgan fingerprint density at radius 3 is 2.57 bits per heavy atom. The van der Waals surface area contributed by atoms with Gasteiger partial charge in [-0.15, -0.1) is 0 Å². The first-order valence-corrected chi connectivity index (χ1v) is 7.75. The Labute approximate surface area is 126 Å². The molecule has 0 saturated heterocycles. The van der Waals surface area contributed by atoms with Crippen LogP contribution in [0.2, 0.25) is 0 Å². The molecule has 1 N–H and O–H groups in total. The second kappa shape index (κ2) is 5.60. The average Bonchev–Trinajstić information content (AvgIpc) is 3.21. The van der Waals surface area contributed by atoms with Crippen molar-refractivity contribution in [1.29, 1.82) is 0 Å². The molecule has 4 heteroatoms. The molecule has 2 aromatic rings. The van der Waals surface area contributed by atoms with Crippen molar-refractivity contribution in [2.24, 2.45) is 7.05 Å². The Morgan fingerprint density at radius 1 is 1.29 bits per heavy atom. The minimum atomic E-state index is 0.312. The number of aromatic nitrogens is 3. The third-order valence-corrected chi connectivity index (χ3v) is 4.35. The second-order valence-corrected chi connectivity index (χ2v) is 6.19. The van der Waals surface area contributed by atoms with Crippen LogP contribution in [0.4, 0.5) is 0 Å². The molecular formula is C17H24N4. The molecule has 1 saturated carbocycles. The van der Waals surface area contributed by atoms with E-state index in [1.807, 2.05) is 11.7 Å². The fourth-order valence-corrected chi connectivity index (χ4v) is 2.96. The van der Waals surface area contributed by atoms with E-state index in [0.29, 0.717) is 12.0 Å². The maximum Gasteiger partial charge on any atom is 0.154 e. The van der Waals surface area contributed by atoms with Gasteiger partial charge >= 0.3 is 0 Å². The highest BCUT2D eigenvalue weighted by atomic mass is 15.3. The first-order valence-electron chi connectivity index (χ1n) is 7.75. The SMILES string of the molecule is Cc1cccc(C)c1[C@H](C)NCc1nc(C2CC2)nn1C. The number of hydrogen-bond donors (Lipinski definition) is 1. The fourth-order valence-electron chi connectivity index (χ4n) is 2.96. The Bertz CT molecular complexity index is 620. The Morgan fingerprint density at radius 2 is 1.95 bits per heavy atom. The summed E-state index contributed by atoms with van der Waals surface area (Å²) in [6.45, 7) is 7.32. The minimum Gasteiger partial charge on any atom is -0.303 e. The Balaban J connectivity index is 1.69. The minimum absolute atomic E-state index is 0.312. The van der Waals surface area contributed by atoms with Crippen LogP contribution in [-0.4, -0.2) is 14.8 Å². The van der Waals surface area contributed by atoms with Crippen LogP contribution in [0.5, 0.6) is 0 Å². The van der Waals surface area contributed by atoms with E-state index in [1.54, 1.807) is 0 Å². The summed E-state index contributed by atoms with van der Waals surface area (Å²) in [7, 11) is 1.99. The quantitative estimate of drug-likeness (QED) is 0.917. The maximum atomic E-state index is 4.67. The molecule has 1 heterocycles. The van der Waals surface area contributed by atoms with E-state index >= 15 is 0 Å². The first-order chi connectivity index (χ1) is 10.1. The average molecular weight is 284 g/mol. The summed E-state index contributed by atoms with van der Waals surface area (Å²) in [4.78, 5) is 4.67. The predicted molar refractivity (Wildman–Crippen MR) is 84.1 cm³/mol. The third-order valence-electron chi connectivity index (χ3n) is 4.35. The summed E-state index contributed by atoms with van der Waals surface area (Å²) in [6, 6.07) is 6.78. The molecule has 0 aliphatic heterocycles. The van der Waals surface area contributed by atoms with Gasteiger partial charge in [-0.25, -0.2) is 4.98 Å². The van der Waals surface area contributed by atoms with Crippen molar-refractivity contribution in [2.75, 3.05) is 0 Å². The highest BCUT2D eigenvalue weighted by Gasteiger charge is 2.28. The lowest BCUT2D eigenvalue weighted by Crippen LogP contribution is -2.21. The smallest absolute Gasteiger partial charge is 0.154 e. The zero-order valence-corrected chi connectivity index (χ0v) is 13.3. The summed E-state index contributed by atoms with van der Waals surface area (Å²) in [5, 5.41) is 8.11. The number of hydrogen-bond acceptors (Lipinski definition) is 3. The van der Waals surface area contributed by atoms with Crippen LogP contribution in [0.1, 0.15) is 60.1 Å². The van der Waals surface area contributed by atoms with Gasteiger partial charge < -0.3 is 5.32 Å². The van der Waals surface area contributed by atoms with Crippen molar-refractivity contribution in [2.45, 2.75) is 52.1 Å². The van der Waals surface area contributed by atoms with E-state index in [9.17, 15) is 0 Å². The van der Waals surface area contributed by atoms with Crippen molar-refractivity contribution in [3.8, 4) is 0 Å². The van der Waals surface area contributed by atoms with Crippen LogP contribution in [0, 0.1) is 13.8 Å². The zero-order chi connectivity index (χ0) is 15.0. The summed E-state index contributed by atoms with van der Waals surface area (Å²) in [5.74, 6) is 2.66. The largest absolute Gasteiger partial charge is 0.303 e. The second-order valence-electron chi connectivity index (χ2n) is 6.19. The van der Waals surface area contributed by atoms with Crippen LogP contribution in [0.15, 0.2) is 18.2 Å². The van der Waals surface area contributed by atoms with Crippen molar-refractivity contribution in [1.82, 2.24) is 20.1 Å². The zero-order valence-electron chi connectivity index (χ0n) is 13.3. The molecule has 21 heavy (non-hydrogen) atoms. The lowest BCUT2D eigenvalue weighted by Gasteiger charge is -2.18. The molecule has 112 valence electrons. The number of benzene rings is 1. The highest BCUT2D eigenvalue weighted by Crippen LogP contribution is 2.38. The third kappa shape index (κ3) is 3.00. The van der Waals surface area contributed by atoms with Gasteiger partial charge in [0.2, 0.25) is 0 Å². The van der Waals surface area contributed by atoms with Crippen LogP contribution in [-0.2, 0) is 13.6 Å². The number of aryl methyl sites for hydroxylation is 3. The maximum absolute atomic E-state index is 4.67. The molecule has 0 spiro atoms. The number of nitrogens with one attached hydrogen (secondary N) is 1. The van der Waals surface area contributed by atoms with E-state index in [0.717, 1.165) is 18.2 Å². The summed E-state index contributed by atoms with van der Waals surface area (Å²) < 4.78 is 1.91. The van der Waals surface area contributed by atoms with Gasteiger partial charge in [0, 0.05) is 19.0 Å². The van der Waals surface area contributed by atoms with Crippen molar-refractivity contribution < 1.29 is 0 Å². The van der Waals surface area contributed by atoms with Gasteiger partial charge in [0.25, 0.3) is 0 Å². The molecule has 3 rings (SSSR count). The molecule has 1 fully saturated rings. The fraction of sp³-hybridized carbons (Fsp3) is 0.529. The molecule has 1 aliphatic carbocycles. The molecule has 0 amide bonds. The van der Waals surface area contributed by atoms with E-state index in [4.69, 9.17) is 0 Å². The summed E-state index contributed by atoms with van der Waals surface area (Å²) in [6.07, 6.45) is 2.49. The van der Waals surface area contributed by atoms with Crippen LogP contribution >= 0.6 is 0 Å². The van der Waals surface area contributed by atoms with Crippen LogP contribution in [0.25, 0.3) is 0 Å². The normalized spacial score (nSPS) is 16.2. The van der Waals surface area contributed by atoms with E-state index in [-0.39, 0.29) is 0 Å². The van der Waals surface area contributed by atoms with Gasteiger partial charge in [0.1, 0.15) is 5.82 Å². The molecule has 1 aromatic heterocycles. The van der Waals surface area contributed by atoms with Crippen LogP contribution in [0.3, 0.4) is 0 Å². The van der Waals surface area contributed by atoms with Crippen molar-refractivity contribution in [3.63, 3.8) is 0 Å². The van der Waals surface area contributed by atoms with Gasteiger partial charge in [-0.2, -0.15) is 5.10 Å². The molecule has 1 aliphatic rings. The standard InChI is InChI=1S/C17H24N4/c1-11-6-5-7-12(2)16(11)13(3)18-10-15-19-17(14-8-9-14)20-21(15)4/h5-7,13-14,18H,8-10H2,1-4H3/t13-/m0/s1.